The van der Waals surface area contributed by atoms with E-state index in [0.717, 1.165) is 5.56 Å². The van der Waals surface area contributed by atoms with E-state index < -0.39 is 5.97 Å². The van der Waals surface area contributed by atoms with Gasteiger partial charge in [-0.15, -0.1) is 0 Å². The van der Waals surface area contributed by atoms with Crippen molar-refractivity contribution < 1.29 is 23.8 Å². The highest BCUT2D eigenvalue weighted by atomic mass is 35.5. The monoisotopic (exact) mass is 403 g/mol. The molecule has 0 radical (unpaired) electrons. The summed E-state index contributed by atoms with van der Waals surface area (Å²) in [6.07, 6.45) is 0. The molecule has 0 fully saturated rings. The van der Waals surface area contributed by atoms with Gasteiger partial charge in [0.1, 0.15) is 13.2 Å². The third kappa shape index (κ3) is 4.95. The summed E-state index contributed by atoms with van der Waals surface area (Å²) in [7, 11) is 0. The summed E-state index contributed by atoms with van der Waals surface area (Å²) in [4.78, 5) is 24.4. The topological polar surface area (TPSA) is 73.9 Å². The first-order chi connectivity index (χ1) is 13.4. The number of esters is 1. The van der Waals surface area contributed by atoms with E-state index in [0.29, 0.717) is 35.3 Å². The van der Waals surface area contributed by atoms with E-state index >= 15 is 0 Å². The minimum atomic E-state index is -0.577. The molecule has 0 unspecified atom stereocenters. The van der Waals surface area contributed by atoms with Gasteiger partial charge in [-0.3, -0.25) is 4.79 Å². The molecule has 1 N–H and O–H groups in total. The molecular weight excluding hydrogens is 382 g/mol. The van der Waals surface area contributed by atoms with Gasteiger partial charge in [0, 0.05) is 5.02 Å². The number of halogens is 1. The molecule has 6 nitrogen and oxygen atoms in total. The Kier molecular flexibility index (Phi) is 6.41. The highest BCUT2D eigenvalue weighted by Crippen LogP contribution is 2.34. The fraction of sp³-hybridized carbons (Fsp3) is 0.333. The van der Waals surface area contributed by atoms with Crippen molar-refractivity contribution in [1.82, 2.24) is 5.32 Å². The van der Waals surface area contributed by atoms with Crippen LogP contribution < -0.4 is 14.8 Å². The average Bonchev–Trinajstić information content (AvgIpc) is 2.70. The fourth-order valence-corrected chi connectivity index (χ4v) is 3.03. The van der Waals surface area contributed by atoms with Crippen LogP contribution in [0.5, 0.6) is 11.5 Å². The number of rotatable bonds is 6. The fourth-order valence-electron chi connectivity index (χ4n) is 2.90. The summed E-state index contributed by atoms with van der Waals surface area (Å²) >= 11 is 5.80. The second-order valence-corrected chi connectivity index (χ2v) is 7.21. The normalized spacial score (nSPS) is 13.7. The molecule has 1 heterocycles. The van der Waals surface area contributed by atoms with Crippen LogP contribution in [0.25, 0.3) is 0 Å². The second kappa shape index (κ2) is 8.97. The molecule has 1 atom stereocenters. The van der Waals surface area contributed by atoms with Crippen molar-refractivity contribution in [3.05, 3.63) is 58.6 Å². The lowest BCUT2D eigenvalue weighted by molar-refractivity contribution is -0.125. The number of benzene rings is 2. The van der Waals surface area contributed by atoms with Gasteiger partial charge in [-0.1, -0.05) is 31.5 Å². The van der Waals surface area contributed by atoms with E-state index in [-0.39, 0.29) is 24.5 Å². The standard InChI is InChI=1S/C21H22ClNO5/c1-13(2)20(15-5-8-17-18(11-15)27-10-9-26-17)23-19(24)12-28-21(25)14-3-6-16(22)7-4-14/h3-8,11,13,20H,9-10,12H2,1-2H3,(H,23,24)/t20-/m0/s1. The summed E-state index contributed by atoms with van der Waals surface area (Å²) in [6, 6.07) is 11.6. The Morgan fingerprint density at radius 2 is 1.75 bits per heavy atom. The van der Waals surface area contributed by atoms with Crippen LogP contribution in [0.2, 0.25) is 5.02 Å². The van der Waals surface area contributed by atoms with Gasteiger partial charge in [-0.25, -0.2) is 4.79 Å². The Morgan fingerprint density at radius 3 is 2.43 bits per heavy atom. The maximum Gasteiger partial charge on any atom is 0.338 e. The molecule has 1 aliphatic rings. The summed E-state index contributed by atoms with van der Waals surface area (Å²) < 4.78 is 16.3. The number of hydrogen-bond donors (Lipinski definition) is 1. The predicted molar refractivity (Wildman–Crippen MR) is 105 cm³/mol. The van der Waals surface area contributed by atoms with Crippen molar-refractivity contribution in [2.75, 3.05) is 19.8 Å². The van der Waals surface area contributed by atoms with Gasteiger partial charge < -0.3 is 19.5 Å². The molecular formula is C21H22ClNO5. The van der Waals surface area contributed by atoms with Gasteiger partial charge in [0.15, 0.2) is 18.1 Å². The van der Waals surface area contributed by atoms with Crippen molar-refractivity contribution in [2.45, 2.75) is 19.9 Å². The van der Waals surface area contributed by atoms with E-state index in [1.807, 2.05) is 32.0 Å². The minimum Gasteiger partial charge on any atom is -0.486 e. The molecule has 0 aliphatic carbocycles. The van der Waals surface area contributed by atoms with Crippen LogP contribution in [0.1, 0.15) is 35.8 Å². The minimum absolute atomic E-state index is 0.124. The van der Waals surface area contributed by atoms with Crippen LogP contribution >= 0.6 is 11.6 Å². The number of carbonyl (C=O) groups is 2. The van der Waals surface area contributed by atoms with Crippen LogP contribution in [0.4, 0.5) is 0 Å². The largest absolute Gasteiger partial charge is 0.486 e. The van der Waals surface area contributed by atoms with Gasteiger partial charge in [0.25, 0.3) is 5.91 Å². The summed E-state index contributed by atoms with van der Waals surface area (Å²) in [5, 5.41) is 3.44. The van der Waals surface area contributed by atoms with Gasteiger partial charge in [-0.2, -0.15) is 0 Å². The van der Waals surface area contributed by atoms with Crippen molar-refractivity contribution in [3.8, 4) is 11.5 Å². The molecule has 1 amide bonds. The zero-order chi connectivity index (χ0) is 20.1. The molecule has 0 saturated carbocycles. The molecule has 0 saturated heterocycles. The Morgan fingerprint density at radius 1 is 1.07 bits per heavy atom. The molecule has 2 aromatic carbocycles. The molecule has 7 heteroatoms. The first-order valence-corrected chi connectivity index (χ1v) is 9.43. The lowest BCUT2D eigenvalue weighted by atomic mass is 9.95. The Bertz CT molecular complexity index is 850. The van der Waals surface area contributed by atoms with Crippen molar-refractivity contribution in [3.63, 3.8) is 0 Å². The number of carbonyl (C=O) groups excluding carboxylic acids is 2. The summed E-state index contributed by atoms with van der Waals surface area (Å²) in [5.41, 5.74) is 1.24. The van der Waals surface area contributed by atoms with Crippen LogP contribution in [0, 0.1) is 5.92 Å². The highest BCUT2D eigenvalue weighted by Gasteiger charge is 2.22. The first-order valence-electron chi connectivity index (χ1n) is 9.05. The van der Waals surface area contributed by atoms with Crippen LogP contribution in [-0.4, -0.2) is 31.7 Å². The smallest absolute Gasteiger partial charge is 0.338 e. The molecule has 0 aromatic heterocycles. The Balaban J connectivity index is 1.61. The number of ether oxygens (including phenoxy) is 3. The lowest BCUT2D eigenvalue weighted by Crippen LogP contribution is -2.35. The van der Waals surface area contributed by atoms with E-state index in [9.17, 15) is 9.59 Å². The zero-order valence-corrected chi connectivity index (χ0v) is 16.5. The van der Waals surface area contributed by atoms with Crippen LogP contribution in [0.3, 0.4) is 0 Å². The molecule has 28 heavy (non-hydrogen) atoms. The lowest BCUT2D eigenvalue weighted by Gasteiger charge is -2.25. The van der Waals surface area contributed by atoms with Crippen LogP contribution in [-0.2, 0) is 9.53 Å². The zero-order valence-electron chi connectivity index (χ0n) is 15.7. The highest BCUT2D eigenvalue weighted by molar-refractivity contribution is 6.30. The molecule has 148 valence electrons. The molecule has 0 spiro atoms. The third-order valence-electron chi connectivity index (χ3n) is 4.32. The second-order valence-electron chi connectivity index (χ2n) is 6.78. The summed E-state index contributed by atoms with van der Waals surface area (Å²) in [5.74, 6) is 0.528. The van der Waals surface area contributed by atoms with Crippen LogP contribution in [0.15, 0.2) is 42.5 Å². The average molecular weight is 404 g/mol. The van der Waals surface area contributed by atoms with E-state index in [2.05, 4.69) is 5.32 Å². The van der Waals surface area contributed by atoms with E-state index in [1.165, 1.54) is 0 Å². The number of amides is 1. The molecule has 3 rings (SSSR count). The third-order valence-corrected chi connectivity index (χ3v) is 4.57. The quantitative estimate of drug-likeness (QED) is 0.743. The van der Waals surface area contributed by atoms with Gasteiger partial charge in [-0.05, 0) is 47.9 Å². The van der Waals surface area contributed by atoms with Crippen molar-refractivity contribution in [2.24, 2.45) is 5.92 Å². The SMILES string of the molecule is CC(C)[C@H](NC(=O)COC(=O)c1ccc(Cl)cc1)c1ccc2c(c1)OCCO2. The molecule has 0 bridgehead atoms. The number of nitrogens with one attached hydrogen (secondary N) is 1. The predicted octanol–water partition coefficient (Wildman–Crippen LogP) is 3.78. The number of fused-ring (bicyclic) bond motifs is 1. The van der Waals surface area contributed by atoms with Gasteiger partial charge in [0.05, 0.1) is 11.6 Å². The molecule has 1 aliphatic heterocycles. The van der Waals surface area contributed by atoms with E-state index in [1.54, 1.807) is 24.3 Å². The van der Waals surface area contributed by atoms with Crippen molar-refractivity contribution in [1.29, 1.82) is 0 Å². The van der Waals surface area contributed by atoms with Crippen molar-refractivity contribution >= 4 is 23.5 Å². The number of hydrogen-bond acceptors (Lipinski definition) is 5. The Labute approximate surface area is 168 Å². The van der Waals surface area contributed by atoms with E-state index in [4.69, 9.17) is 25.8 Å². The summed E-state index contributed by atoms with van der Waals surface area (Å²) in [6.45, 7) is 4.66. The maximum absolute atomic E-state index is 12.3. The maximum atomic E-state index is 12.3. The van der Waals surface area contributed by atoms with Gasteiger partial charge >= 0.3 is 5.97 Å². The first kappa shape index (κ1) is 20.0. The molecule has 2 aromatic rings. The van der Waals surface area contributed by atoms with Gasteiger partial charge in [0.2, 0.25) is 0 Å². The Hall–Kier alpha value is -2.73.